The number of carbonyl (C=O) groups is 2. The van der Waals surface area contributed by atoms with Crippen LogP contribution < -0.4 is 9.64 Å². The number of phenols is 1. The maximum Gasteiger partial charge on any atom is 0.323 e. The van der Waals surface area contributed by atoms with E-state index in [9.17, 15) is 14.7 Å². The molecule has 0 aliphatic carbocycles. The Morgan fingerprint density at radius 2 is 2.06 bits per heavy atom. The van der Waals surface area contributed by atoms with Crippen molar-refractivity contribution in [1.82, 2.24) is 0 Å². The molecule has 2 N–H and O–H groups in total. The Bertz CT molecular complexity index is 443. The molecule has 0 unspecified atom stereocenters. The number of anilines is 1. The molecule has 0 radical (unpaired) electrons. The van der Waals surface area contributed by atoms with E-state index in [0.29, 0.717) is 5.69 Å². The molecule has 0 aliphatic rings. The molecule has 0 bridgehead atoms. The van der Waals surface area contributed by atoms with Crippen LogP contribution in [0.3, 0.4) is 0 Å². The highest BCUT2D eigenvalue weighted by atomic mass is 16.5. The molecule has 6 heteroatoms. The number of hydrogen-bond donors (Lipinski definition) is 2. The predicted molar refractivity (Wildman–Crippen MR) is 60.3 cm³/mol. The highest BCUT2D eigenvalue weighted by Crippen LogP contribution is 2.30. The van der Waals surface area contributed by atoms with Crippen LogP contribution in [-0.4, -0.2) is 35.7 Å². The third-order valence-corrected chi connectivity index (χ3v) is 2.15. The van der Waals surface area contributed by atoms with Gasteiger partial charge in [-0.1, -0.05) is 0 Å². The lowest BCUT2D eigenvalue weighted by Crippen LogP contribution is -2.33. The van der Waals surface area contributed by atoms with Crippen LogP contribution in [0.4, 0.5) is 5.69 Å². The largest absolute Gasteiger partial charge is 0.504 e. The normalized spacial score (nSPS) is 9.76. The average molecular weight is 239 g/mol. The molecule has 1 amide bonds. The summed E-state index contributed by atoms with van der Waals surface area (Å²) < 4.78 is 4.89. The maximum atomic E-state index is 11.3. The van der Waals surface area contributed by atoms with Crippen molar-refractivity contribution in [3.8, 4) is 11.5 Å². The second-order valence-electron chi connectivity index (χ2n) is 3.36. The molecule has 0 heterocycles. The number of benzene rings is 1. The first-order valence-electron chi connectivity index (χ1n) is 4.82. The SMILES string of the molecule is COc1cc(N(CC(=O)O)C(C)=O)ccc1O. The summed E-state index contributed by atoms with van der Waals surface area (Å²) >= 11 is 0. The number of methoxy groups -OCH3 is 1. The van der Waals surface area contributed by atoms with Gasteiger partial charge in [0.05, 0.1) is 7.11 Å². The Morgan fingerprint density at radius 1 is 1.41 bits per heavy atom. The van der Waals surface area contributed by atoms with Gasteiger partial charge in [-0.25, -0.2) is 0 Å². The van der Waals surface area contributed by atoms with Gasteiger partial charge in [0.2, 0.25) is 5.91 Å². The van der Waals surface area contributed by atoms with Gasteiger partial charge in [-0.3, -0.25) is 9.59 Å². The van der Waals surface area contributed by atoms with Gasteiger partial charge < -0.3 is 19.8 Å². The van der Waals surface area contributed by atoms with E-state index in [1.165, 1.54) is 32.2 Å². The number of rotatable bonds is 4. The van der Waals surface area contributed by atoms with Crippen molar-refractivity contribution in [2.24, 2.45) is 0 Å². The fourth-order valence-corrected chi connectivity index (χ4v) is 1.35. The van der Waals surface area contributed by atoms with E-state index in [1.807, 2.05) is 0 Å². The van der Waals surface area contributed by atoms with Gasteiger partial charge in [0.1, 0.15) is 6.54 Å². The van der Waals surface area contributed by atoms with E-state index in [0.717, 1.165) is 4.90 Å². The molecule has 1 aromatic rings. The Morgan fingerprint density at radius 3 is 2.53 bits per heavy atom. The summed E-state index contributed by atoms with van der Waals surface area (Å²) in [7, 11) is 1.37. The maximum absolute atomic E-state index is 11.3. The number of aromatic hydroxyl groups is 1. The molecule has 0 fully saturated rings. The zero-order valence-corrected chi connectivity index (χ0v) is 9.51. The van der Waals surface area contributed by atoms with Crippen LogP contribution in [0.2, 0.25) is 0 Å². The predicted octanol–water partition coefficient (Wildman–Crippen LogP) is 0.838. The standard InChI is InChI=1S/C11H13NO5/c1-7(13)12(6-11(15)16)8-3-4-9(14)10(5-8)17-2/h3-5,14H,6H2,1-2H3,(H,15,16). The molecule has 0 atom stereocenters. The number of carboxylic acid groups (broad SMARTS) is 1. The smallest absolute Gasteiger partial charge is 0.323 e. The van der Waals surface area contributed by atoms with Crippen LogP contribution >= 0.6 is 0 Å². The number of carbonyl (C=O) groups excluding carboxylic acids is 1. The van der Waals surface area contributed by atoms with E-state index in [-0.39, 0.29) is 11.5 Å². The van der Waals surface area contributed by atoms with Crippen molar-refractivity contribution in [3.05, 3.63) is 18.2 Å². The fraction of sp³-hybridized carbons (Fsp3) is 0.273. The lowest BCUT2D eigenvalue weighted by atomic mass is 10.2. The minimum atomic E-state index is -1.12. The van der Waals surface area contributed by atoms with Crippen molar-refractivity contribution >= 4 is 17.6 Å². The fourth-order valence-electron chi connectivity index (χ4n) is 1.35. The molecule has 6 nitrogen and oxygen atoms in total. The first-order valence-corrected chi connectivity index (χ1v) is 4.82. The van der Waals surface area contributed by atoms with Gasteiger partial charge in [0.25, 0.3) is 0 Å². The third kappa shape index (κ3) is 3.10. The number of nitrogens with zero attached hydrogens (tertiary/aromatic N) is 1. The van der Waals surface area contributed by atoms with Crippen molar-refractivity contribution in [2.75, 3.05) is 18.6 Å². The zero-order chi connectivity index (χ0) is 13.0. The van der Waals surface area contributed by atoms with Crippen molar-refractivity contribution < 1.29 is 24.5 Å². The first kappa shape index (κ1) is 12.8. The lowest BCUT2D eigenvalue weighted by molar-refractivity contribution is -0.136. The van der Waals surface area contributed by atoms with E-state index in [4.69, 9.17) is 9.84 Å². The van der Waals surface area contributed by atoms with Crippen LogP contribution in [-0.2, 0) is 9.59 Å². The Balaban J connectivity index is 3.10. The van der Waals surface area contributed by atoms with Gasteiger partial charge >= 0.3 is 5.97 Å². The Kier molecular flexibility index (Phi) is 3.92. The number of phenolic OH excluding ortho intramolecular Hbond substituents is 1. The number of amides is 1. The second kappa shape index (κ2) is 5.20. The lowest BCUT2D eigenvalue weighted by Gasteiger charge is -2.19. The summed E-state index contributed by atoms with van der Waals surface area (Å²) in [4.78, 5) is 23.0. The quantitative estimate of drug-likeness (QED) is 0.812. The first-order chi connectivity index (χ1) is 7.95. The van der Waals surface area contributed by atoms with Gasteiger partial charge in [-0.15, -0.1) is 0 Å². The molecule has 0 aliphatic heterocycles. The summed E-state index contributed by atoms with van der Waals surface area (Å²) in [6.07, 6.45) is 0. The molecular weight excluding hydrogens is 226 g/mol. The van der Waals surface area contributed by atoms with E-state index < -0.39 is 18.4 Å². The van der Waals surface area contributed by atoms with Crippen LogP contribution in [0.25, 0.3) is 0 Å². The molecule has 1 rings (SSSR count). The molecule has 0 saturated heterocycles. The third-order valence-electron chi connectivity index (χ3n) is 2.15. The Labute approximate surface area is 98.0 Å². The Hall–Kier alpha value is -2.24. The minimum Gasteiger partial charge on any atom is -0.504 e. The van der Waals surface area contributed by atoms with Crippen LogP contribution in [0.5, 0.6) is 11.5 Å². The monoisotopic (exact) mass is 239 g/mol. The summed E-state index contributed by atoms with van der Waals surface area (Å²) in [5, 5.41) is 18.1. The molecule has 1 aromatic carbocycles. The summed E-state index contributed by atoms with van der Waals surface area (Å²) in [5.41, 5.74) is 0.356. The van der Waals surface area contributed by atoms with Gasteiger partial charge in [0.15, 0.2) is 11.5 Å². The van der Waals surface area contributed by atoms with Crippen molar-refractivity contribution in [3.63, 3.8) is 0 Å². The van der Waals surface area contributed by atoms with Crippen molar-refractivity contribution in [2.45, 2.75) is 6.92 Å². The molecule has 0 saturated carbocycles. The molecule has 0 spiro atoms. The number of carboxylic acids is 1. The molecule has 92 valence electrons. The van der Waals surface area contributed by atoms with Gasteiger partial charge in [-0.05, 0) is 12.1 Å². The van der Waals surface area contributed by atoms with E-state index in [1.54, 1.807) is 0 Å². The minimum absolute atomic E-state index is 0.0740. The van der Waals surface area contributed by atoms with Crippen LogP contribution in [0.15, 0.2) is 18.2 Å². The number of aliphatic carboxylic acids is 1. The summed E-state index contributed by atoms with van der Waals surface area (Å²) in [6, 6.07) is 4.19. The summed E-state index contributed by atoms with van der Waals surface area (Å²) in [6.45, 7) is 0.825. The topological polar surface area (TPSA) is 87.1 Å². The number of hydrogen-bond acceptors (Lipinski definition) is 4. The molecule has 0 aromatic heterocycles. The summed E-state index contributed by atoms with van der Waals surface area (Å²) in [5.74, 6) is -1.42. The highest BCUT2D eigenvalue weighted by molar-refractivity contribution is 5.96. The van der Waals surface area contributed by atoms with E-state index >= 15 is 0 Å². The molecule has 17 heavy (non-hydrogen) atoms. The van der Waals surface area contributed by atoms with Crippen LogP contribution in [0, 0.1) is 0 Å². The van der Waals surface area contributed by atoms with Gasteiger partial charge in [-0.2, -0.15) is 0 Å². The average Bonchev–Trinajstić information content (AvgIpc) is 2.26. The number of ether oxygens (including phenoxy) is 1. The van der Waals surface area contributed by atoms with Crippen LogP contribution in [0.1, 0.15) is 6.92 Å². The van der Waals surface area contributed by atoms with Crippen molar-refractivity contribution in [1.29, 1.82) is 0 Å². The van der Waals surface area contributed by atoms with E-state index in [2.05, 4.69) is 0 Å². The highest BCUT2D eigenvalue weighted by Gasteiger charge is 2.16. The molecular formula is C11H13NO5. The second-order valence-corrected chi connectivity index (χ2v) is 3.36. The van der Waals surface area contributed by atoms with Gasteiger partial charge in [0, 0.05) is 18.7 Å². The zero-order valence-electron chi connectivity index (χ0n) is 9.51.